The first-order chi connectivity index (χ1) is 10.3. The molecule has 0 aliphatic carbocycles. The van der Waals surface area contributed by atoms with E-state index in [1.54, 1.807) is 7.11 Å². The smallest absolute Gasteiger partial charge is 0.238 e. The van der Waals surface area contributed by atoms with E-state index < -0.39 is 0 Å². The maximum absolute atomic E-state index is 11.8. The predicted molar refractivity (Wildman–Crippen MR) is 88.3 cm³/mol. The van der Waals surface area contributed by atoms with Gasteiger partial charge in [-0.2, -0.15) is 11.8 Å². The molecule has 0 radical (unpaired) electrons. The molecule has 0 atom stereocenters. The zero-order valence-electron chi connectivity index (χ0n) is 12.4. The molecule has 116 valence electrons. The van der Waals surface area contributed by atoms with Gasteiger partial charge >= 0.3 is 0 Å². The molecule has 1 aliphatic rings. The van der Waals surface area contributed by atoms with Crippen LogP contribution in [0.4, 0.5) is 5.69 Å². The first-order valence-corrected chi connectivity index (χ1v) is 8.38. The van der Waals surface area contributed by atoms with Crippen molar-refractivity contribution in [1.82, 2.24) is 10.2 Å². The topological polar surface area (TPSA) is 53.6 Å². The Morgan fingerprint density at radius 3 is 2.67 bits per heavy atom. The summed E-state index contributed by atoms with van der Waals surface area (Å²) >= 11 is 2.01. The summed E-state index contributed by atoms with van der Waals surface area (Å²) in [5, 5.41) is 6.05. The van der Waals surface area contributed by atoms with Crippen molar-refractivity contribution in [3.05, 3.63) is 24.3 Å². The monoisotopic (exact) mass is 309 g/mol. The van der Waals surface area contributed by atoms with Crippen LogP contribution >= 0.6 is 11.8 Å². The molecule has 0 saturated carbocycles. The van der Waals surface area contributed by atoms with E-state index in [9.17, 15) is 4.79 Å². The highest BCUT2D eigenvalue weighted by Gasteiger charge is 2.09. The Bertz CT molecular complexity index is 433. The molecular formula is C15H23N3O2S. The van der Waals surface area contributed by atoms with Gasteiger partial charge in [-0.25, -0.2) is 0 Å². The SMILES string of the molecule is COc1ccc(NC(=O)CNCCN2CCSCC2)cc1. The average Bonchev–Trinajstić information content (AvgIpc) is 2.53. The fourth-order valence-electron chi connectivity index (χ4n) is 2.14. The van der Waals surface area contributed by atoms with Crippen LogP contribution in [0.25, 0.3) is 0 Å². The lowest BCUT2D eigenvalue weighted by Gasteiger charge is -2.25. The molecule has 0 bridgehead atoms. The maximum Gasteiger partial charge on any atom is 0.238 e. The first-order valence-electron chi connectivity index (χ1n) is 7.22. The van der Waals surface area contributed by atoms with Gasteiger partial charge in [0.25, 0.3) is 0 Å². The summed E-state index contributed by atoms with van der Waals surface area (Å²) in [7, 11) is 1.62. The zero-order chi connectivity index (χ0) is 14.9. The first kappa shape index (κ1) is 16.1. The number of hydrogen-bond donors (Lipinski definition) is 2. The molecular weight excluding hydrogens is 286 g/mol. The number of rotatable bonds is 7. The van der Waals surface area contributed by atoms with Crippen LogP contribution in [0.2, 0.25) is 0 Å². The second-order valence-corrected chi connectivity index (χ2v) is 6.13. The van der Waals surface area contributed by atoms with Crippen LogP contribution in [0.15, 0.2) is 24.3 Å². The number of benzene rings is 1. The number of anilines is 1. The summed E-state index contributed by atoms with van der Waals surface area (Å²) in [6, 6.07) is 7.33. The summed E-state index contributed by atoms with van der Waals surface area (Å²) in [4.78, 5) is 14.2. The second kappa shape index (κ2) is 8.92. The minimum atomic E-state index is -0.0191. The van der Waals surface area contributed by atoms with Crippen LogP contribution in [0.3, 0.4) is 0 Å². The van der Waals surface area contributed by atoms with Crippen molar-refractivity contribution in [2.75, 3.05) is 56.7 Å². The molecule has 2 N–H and O–H groups in total. The van der Waals surface area contributed by atoms with Gasteiger partial charge < -0.3 is 20.3 Å². The molecule has 6 heteroatoms. The quantitative estimate of drug-likeness (QED) is 0.743. The molecule has 1 aromatic carbocycles. The number of ether oxygens (including phenoxy) is 1. The van der Waals surface area contributed by atoms with E-state index >= 15 is 0 Å². The van der Waals surface area contributed by atoms with Crippen LogP contribution in [-0.2, 0) is 4.79 Å². The average molecular weight is 309 g/mol. The minimum Gasteiger partial charge on any atom is -0.497 e. The number of carbonyl (C=O) groups excluding carboxylic acids is 1. The van der Waals surface area contributed by atoms with Crippen molar-refractivity contribution in [2.45, 2.75) is 0 Å². The predicted octanol–water partition coefficient (Wildman–Crippen LogP) is 1.27. The fraction of sp³-hybridized carbons (Fsp3) is 0.533. The van der Waals surface area contributed by atoms with Gasteiger partial charge in [-0.15, -0.1) is 0 Å². The lowest BCUT2D eigenvalue weighted by atomic mass is 10.3. The maximum atomic E-state index is 11.8. The van der Waals surface area contributed by atoms with Crippen molar-refractivity contribution in [1.29, 1.82) is 0 Å². The van der Waals surface area contributed by atoms with Crippen LogP contribution in [0.5, 0.6) is 5.75 Å². The standard InChI is InChI=1S/C15H23N3O2S/c1-20-14-4-2-13(3-5-14)17-15(19)12-16-6-7-18-8-10-21-11-9-18/h2-5,16H,6-12H2,1H3,(H,17,19). The number of amides is 1. The van der Waals surface area contributed by atoms with Gasteiger partial charge in [0, 0.05) is 43.4 Å². The number of methoxy groups -OCH3 is 1. The number of thioether (sulfide) groups is 1. The summed E-state index contributed by atoms with van der Waals surface area (Å²) in [5.74, 6) is 3.20. The summed E-state index contributed by atoms with van der Waals surface area (Å²) in [6.07, 6.45) is 0. The Labute approximate surface area is 130 Å². The van der Waals surface area contributed by atoms with E-state index in [2.05, 4.69) is 15.5 Å². The molecule has 0 spiro atoms. The Balaban J connectivity index is 1.60. The van der Waals surface area contributed by atoms with Gasteiger partial charge in [0.2, 0.25) is 5.91 Å². The number of nitrogens with one attached hydrogen (secondary N) is 2. The molecule has 21 heavy (non-hydrogen) atoms. The van der Waals surface area contributed by atoms with E-state index in [1.807, 2.05) is 36.0 Å². The summed E-state index contributed by atoms with van der Waals surface area (Å²) in [5.41, 5.74) is 0.788. The van der Waals surface area contributed by atoms with E-state index in [4.69, 9.17) is 4.74 Å². The van der Waals surface area contributed by atoms with Crippen LogP contribution < -0.4 is 15.4 Å². The van der Waals surface area contributed by atoms with E-state index in [0.717, 1.165) is 37.6 Å². The Hall–Kier alpha value is -1.24. The Morgan fingerprint density at radius 2 is 2.00 bits per heavy atom. The van der Waals surface area contributed by atoms with E-state index in [-0.39, 0.29) is 5.91 Å². The molecule has 1 amide bonds. The highest BCUT2D eigenvalue weighted by molar-refractivity contribution is 7.99. The number of nitrogens with zero attached hydrogens (tertiary/aromatic N) is 1. The molecule has 2 rings (SSSR count). The Morgan fingerprint density at radius 1 is 1.29 bits per heavy atom. The van der Waals surface area contributed by atoms with Gasteiger partial charge in [0.1, 0.15) is 5.75 Å². The van der Waals surface area contributed by atoms with Gasteiger partial charge in [-0.1, -0.05) is 0 Å². The summed E-state index contributed by atoms with van der Waals surface area (Å²) < 4.78 is 5.08. The van der Waals surface area contributed by atoms with Gasteiger partial charge in [-0.3, -0.25) is 4.79 Å². The van der Waals surface area contributed by atoms with Gasteiger partial charge in [0.05, 0.1) is 13.7 Å². The fourth-order valence-corrected chi connectivity index (χ4v) is 3.12. The molecule has 1 fully saturated rings. The molecule has 1 saturated heterocycles. The minimum absolute atomic E-state index is 0.0191. The highest BCUT2D eigenvalue weighted by atomic mass is 32.2. The normalized spacial score (nSPS) is 15.7. The van der Waals surface area contributed by atoms with Crippen LogP contribution in [-0.4, -0.2) is 62.1 Å². The Kier molecular flexibility index (Phi) is 6.85. The molecule has 1 aromatic rings. The number of carbonyl (C=O) groups is 1. The largest absolute Gasteiger partial charge is 0.497 e. The number of hydrogen-bond acceptors (Lipinski definition) is 5. The van der Waals surface area contributed by atoms with Crippen LogP contribution in [0.1, 0.15) is 0 Å². The molecule has 0 unspecified atom stereocenters. The van der Waals surface area contributed by atoms with Crippen molar-refractivity contribution < 1.29 is 9.53 Å². The van der Waals surface area contributed by atoms with E-state index in [1.165, 1.54) is 11.5 Å². The molecule has 1 heterocycles. The third-order valence-corrected chi connectivity index (χ3v) is 4.31. The van der Waals surface area contributed by atoms with Crippen molar-refractivity contribution in [3.8, 4) is 5.75 Å². The second-order valence-electron chi connectivity index (χ2n) is 4.91. The molecule has 1 aliphatic heterocycles. The van der Waals surface area contributed by atoms with Crippen LogP contribution in [0, 0.1) is 0 Å². The summed E-state index contributed by atoms with van der Waals surface area (Å²) in [6.45, 7) is 4.51. The van der Waals surface area contributed by atoms with Crippen molar-refractivity contribution in [3.63, 3.8) is 0 Å². The third kappa shape index (κ3) is 5.95. The van der Waals surface area contributed by atoms with E-state index in [0.29, 0.717) is 6.54 Å². The highest BCUT2D eigenvalue weighted by Crippen LogP contribution is 2.14. The molecule has 0 aromatic heterocycles. The van der Waals surface area contributed by atoms with Gasteiger partial charge in [-0.05, 0) is 24.3 Å². The zero-order valence-corrected chi connectivity index (χ0v) is 13.2. The lowest BCUT2D eigenvalue weighted by molar-refractivity contribution is -0.115. The van der Waals surface area contributed by atoms with Crippen molar-refractivity contribution in [2.24, 2.45) is 0 Å². The third-order valence-electron chi connectivity index (χ3n) is 3.37. The lowest BCUT2D eigenvalue weighted by Crippen LogP contribution is -2.39. The van der Waals surface area contributed by atoms with Crippen molar-refractivity contribution >= 4 is 23.4 Å². The van der Waals surface area contributed by atoms with Gasteiger partial charge in [0.15, 0.2) is 0 Å². The molecule has 5 nitrogen and oxygen atoms in total.